The van der Waals surface area contributed by atoms with Crippen LogP contribution < -0.4 is 4.72 Å². The zero-order valence-corrected chi connectivity index (χ0v) is 13.2. The Morgan fingerprint density at radius 3 is 2.19 bits per heavy atom. The van der Waals surface area contributed by atoms with E-state index in [0.29, 0.717) is 0 Å². The molecule has 1 aromatic carbocycles. The number of rotatable bonds is 6. The fourth-order valence-electron chi connectivity index (χ4n) is 2.29. The van der Waals surface area contributed by atoms with Gasteiger partial charge in [-0.25, -0.2) is 4.72 Å². The highest BCUT2D eigenvalue weighted by molar-refractivity contribution is 7.88. The van der Waals surface area contributed by atoms with Crippen LogP contribution in [0.15, 0.2) is 24.3 Å². The summed E-state index contributed by atoms with van der Waals surface area (Å²) in [5.74, 6) is -0.479. The summed E-state index contributed by atoms with van der Waals surface area (Å²) in [5.41, 5.74) is 2.07. The summed E-state index contributed by atoms with van der Waals surface area (Å²) in [7, 11) is -3.65. The minimum atomic E-state index is -3.65. The number of hydrogen-bond acceptors (Lipinski definition) is 4. The molecule has 0 saturated carbocycles. The fraction of sp³-hybridized carbons (Fsp3) is 0.500. The molecule has 2 rings (SSSR count). The molecule has 1 heterocycles. The Morgan fingerprint density at radius 2 is 1.71 bits per heavy atom. The van der Waals surface area contributed by atoms with Gasteiger partial charge < -0.3 is 0 Å². The van der Waals surface area contributed by atoms with Gasteiger partial charge in [0.1, 0.15) is 0 Å². The number of carbonyl (C=O) groups is 1. The maximum absolute atomic E-state index is 11.7. The predicted octanol–water partition coefficient (Wildman–Crippen LogP) is 0.705. The molecule has 1 saturated heterocycles. The highest BCUT2D eigenvalue weighted by atomic mass is 32.2. The molecule has 116 valence electrons. The second-order valence-corrected chi connectivity index (χ2v) is 6.75. The summed E-state index contributed by atoms with van der Waals surface area (Å²) in [5, 5.41) is 0. The molecule has 1 amide bonds. The van der Waals surface area contributed by atoms with Crippen molar-refractivity contribution in [3.05, 3.63) is 35.4 Å². The first kappa shape index (κ1) is 15.9. The Bertz CT molecular complexity index is 594. The quantitative estimate of drug-likeness (QED) is 0.840. The average Bonchev–Trinajstić information content (AvgIpc) is 2.70. The van der Waals surface area contributed by atoms with Crippen molar-refractivity contribution in [1.82, 2.24) is 13.9 Å². The molecule has 21 heavy (non-hydrogen) atoms. The van der Waals surface area contributed by atoms with Crippen LogP contribution in [0.25, 0.3) is 0 Å². The first-order chi connectivity index (χ1) is 9.94. The van der Waals surface area contributed by atoms with E-state index < -0.39 is 16.1 Å². The number of carbonyl (C=O) groups excluding carboxylic acids is 1. The maximum Gasteiger partial charge on any atom is 0.304 e. The number of nitrogens with zero attached hydrogens (tertiary/aromatic N) is 2. The van der Waals surface area contributed by atoms with Crippen LogP contribution in [0.5, 0.6) is 0 Å². The van der Waals surface area contributed by atoms with Crippen molar-refractivity contribution in [1.29, 1.82) is 0 Å². The van der Waals surface area contributed by atoms with Gasteiger partial charge in [0.2, 0.25) is 5.91 Å². The smallest absolute Gasteiger partial charge is 0.300 e. The van der Waals surface area contributed by atoms with Gasteiger partial charge in [-0.05, 0) is 24.2 Å². The molecule has 1 aromatic rings. The third-order valence-corrected chi connectivity index (χ3v) is 5.01. The van der Waals surface area contributed by atoms with E-state index in [0.717, 1.165) is 29.5 Å². The minimum Gasteiger partial charge on any atom is -0.300 e. The summed E-state index contributed by atoms with van der Waals surface area (Å²) in [6, 6.07) is 7.84. The molecule has 1 fully saturated rings. The van der Waals surface area contributed by atoms with Crippen LogP contribution in [0, 0.1) is 0 Å². The monoisotopic (exact) mass is 311 g/mol. The molecule has 7 heteroatoms. The Balaban J connectivity index is 2.01. The first-order valence-corrected chi connectivity index (χ1v) is 8.49. The lowest BCUT2D eigenvalue weighted by atomic mass is 10.1. The molecule has 0 bridgehead atoms. The van der Waals surface area contributed by atoms with Gasteiger partial charge in [-0.2, -0.15) is 12.7 Å². The number of benzene rings is 1. The molecular weight excluding hydrogens is 290 g/mol. The van der Waals surface area contributed by atoms with Crippen LogP contribution in [0.1, 0.15) is 25.0 Å². The van der Waals surface area contributed by atoms with Crippen LogP contribution in [-0.4, -0.2) is 43.2 Å². The van der Waals surface area contributed by atoms with E-state index >= 15 is 0 Å². The summed E-state index contributed by atoms with van der Waals surface area (Å²) in [6.45, 7) is 7.24. The zero-order valence-electron chi connectivity index (χ0n) is 12.4. The van der Waals surface area contributed by atoms with E-state index in [1.807, 2.05) is 29.0 Å². The third-order valence-electron chi connectivity index (χ3n) is 3.59. The Kier molecular flexibility index (Phi) is 4.97. The summed E-state index contributed by atoms with van der Waals surface area (Å²) < 4.78 is 26.4. The SMILES string of the molecule is CCN(CC)Cc1ccc(CN2CC(=O)NS2(=O)=O)cc1. The van der Waals surface area contributed by atoms with Crippen molar-refractivity contribution < 1.29 is 13.2 Å². The van der Waals surface area contributed by atoms with E-state index in [9.17, 15) is 13.2 Å². The van der Waals surface area contributed by atoms with Crippen molar-refractivity contribution in [3.63, 3.8) is 0 Å². The summed E-state index contributed by atoms with van der Waals surface area (Å²) >= 11 is 0. The summed E-state index contributed by atoms with van der Waals surface area (Å²) in [6.07, 6.45) is 0. The van der Waals surface area contributed by atoms with Crippen molar-refractivity contribution in [2.24, 2.45) is 0 Å². The fourth-order valence-corrected chi connectivity index (χ4v) is 3.37. The van der Waals surface area contributed by atoms with Crippen molar-refractivity contribution in [2.45, 2.75) is 26.9 Å². The highest BCUT2D eigenvalue weighted by Gasteiger charge is 2.33. The highest BCUT2D eigenvalue weighted by Crippen LogP contribution is 2.14. The number of amides is 1. The predicted molar refractivity (Wildman–Crippen MR) is 80.5 cm³/mol. The van der Waals surface area contributed by atoms with E-state index in [4.69, 9.17) is 0 Å². The van der Waals surface area contributed by atoms with Gasteiger partial charge in [0, 0.05) is 13.1 Å². The maximum atomic E-state index is 11.7. The largest absolute Gasteiger partial charge is 0.304 e. The standard InChI is InChI=1S/C14H21N3O3S/c1-3-16(4-2)9-12-5-7-13(8-6-12)10-17-11-14(18)15-21(17,19)20/h5-8H,3-4,9-11H2,1-2H3,(H,15,18). The third kappa shape index (κ3) is 4.03. The second kappa shape index (κ2) is 6.55. The Labute approximate surface area is 125 Å². The van der Waals surface area contributed by atoms with E-state index in [2.05, 4.69) is 18.7 Å². The van der Waals surface area contributed by atoms with Crippen molar-refractivity contribution >= 4 is 16.1 Å². The molecule has 1 aliphatic rings. The van der Waals surface area contributed by atoms with Gasteiger partial charge in [0.05, 0.1) is 6.54 Å². The zero-order chi connectivity index (χ0) is 15.5. The van der Waals surface area contributed by atoms with Crippen LogP contribution in [0.2, 0.25) is 0 Å². The first-order valence-electron chi connectivity index (χ1n) is 7.05. The van der Waals surface area contributed by atoms with Crippen molar-refractivity contribution in [2.75, 3.05) is 19.6 Å². The molecule has 0 radical (unpaired) electrons. The normalized spacial score (nSPS) is 18.1. The molecule has 0 aliphatic carbocycles. The van der Waals surface area contributed by atoms with Gasteiger partial charge in [0.25, 0.3) is 0 Å². The van der Waals surface area contributed by atoms with E-state index in [-0.39, 0.29) is 13.1 Å². The molecule has 0 unspecified atom stereocenters. The van der Waals surface area contributed by atoms with Gasteiger partial charge in [-0.3, -0.25) is 9.69 Å². The molecule has 1 N–H and O–H groups in total. The van der Waals surface area contributed by atoms with Gasteiger partial charge in [-0.1, -0.05) is 38.1 Å². The van der Waals surface area contributed by atoms with E-state index in [1.54, 1.807) is 0 Å². The Morgan fingerprint density at radius 1 is 1.14 bits per heavy atom. The number of hydrogen-bond donors (Lipinski definition) is 1. The summed E-state index contributed by atoms with van der Waals surface area (Å²) in [4.78, 5) is 13.5. The van der Waals surface area contributed by atoms with Crippen LogP contribution >= 0.6 is 0 Å². The molecule has 0 spiro atoms. The van der Waals surface area contributed by atoms with Crippen LogP contribution in [0.4, 0.5) is 0 Å². The average molecular weight is 311 g/mol. The molecule has 0 aromatic heterocycles. The minimum absolute atomic E-state index is 0.108. The topological polar surface area (TPSA) is 69.7 Å². The van der Waals surface area contributed by atoms with E-state index in [1.165, 1.54) is 5.56 Å². The molecular formula is C14H21N3O3S. The van der Waals surface area contributed by atoms with Crippen LogP contribution in [0.3, 0.4) is 0 Å². The van der Waals surface area contributed by atoms with Gasteiger partial charge in [-0.15, -0.1) is 0 Å². The lowest BCUT2D eigenvalue weighted by Gasteiger charge is -2.18. The molecule has 1 aliphatic heterocycles. The number of nitrogens with one attached hydrogen (secondary N) is 1. The molecule has 0 atom stereocenters. The van der Waals surface area contributed by atoms with Gasteiger partial charge in [0.15, 0.2) is 0 Å². The lowest BCUT2D eigenvalue weighted by molar-refractivity contribution is -0.118. The lowest BCUT2D eigenvalue weighted by Crippen LogP contribution is -2.29. The van der Waals surface area contributed by atoms with Gasteiger partial charge >= 0.3 is 10.2 Å². The molecule has 6 nitrogen and oxygen atoms in total. The van der Waals surface area contributed by atoms with Crippen LogP contribution in [-0.2, 0) is 28.1 Å². The Hall–Kier alpha value is -1.44. The van der Waals surface area contributed by atoms with Crippen molar-refractivity contribution in [3.8, 4) is 0 Å². The second-order valence-electron chi connectivity index (χ2n) is 5.08.